The minimum atomic E-state index is -0.588. The molecule has 2 N–H and O–H groups in total. The van der Waals surface area contributed by atoms with Crippen LogP contribution < -0.4 is 10.6 Å². The van der Waals surface area contributed by atoms with Crippen molar-refractivity contribution >= 4 is 36.8 Å². The molecule has 38 heavy (non-hydrogen) atoms. The smallest absolute Gasteiger partial charge is 0.464 e. The van der Waals surface area contributed by atoms with E-state index in [0.29, 0.717) is 29.7 Å². The van der Waals surface area contributed by atoms with Gasteiger partial charge in [-0.3, -0.25) is 9.59 Å². The van der Waals surface area contributed by atoms with Crippen LogP contribution in [0, 0.1) is 17.3 Å². The zero-order valence-corrected chi connectivity index (χ0v) is 22.7. The molecule has 7 nitrogen and oxygen atoms in total. The molecule has 200 valence electrons. The molecule has 2 amide bonds. The van der Waals surface area contributed by atoms with Crippen LogP contribution in [-0.2, 0) is 31.7 Å². The van der Waals surface area contributed by atoms with Crippen molar-refractivity contribution in [3.8, 4) is 0 Å². The first-order valence-corrected chi connectivity index (χ1v) is 13.4. The Morgan fingerprint density at radius 1 is 1.21 bits per heavy atom. The summed E-state index contributed by atoms with van der Waals surface area (Å²) in [5.74, 6) is 0.952. The van der Waals surface area contributed by atoms with Crippen molar-refractivity contribution in [3.63, 3.8) is 0 Å². The number of carbonyl (C=O) groups is 2. The first kappa shape index (κ1) is 26.5. The van der Waals surface area contributed by atoms with Crippen molar-refractivity contribution in [1.29, 1.82) is 0 Å². The molecule has 3 aliphatic carbocycles. The minimum Gasteiger partial charge on any atom is -0.464 e. The van der Waals surface area contributed by atoms with Crippen LogP contribution in [0.1, 0.15) is 63.0 Å². The van der Waals surface area contributed by atoms with Crippen LogP contribution >= 0.6 is 0 Å². The van der Waals surface area contributed by atoms with Crippen molar-refractivity contribution in [2.24, 2.45) is 17.3 Å². The van der Waals surface area contributed by atoms with Crippen LogP contribution in [-0.4, -0.2) is 36.6 Å². The Balaban J connectivity index is 1.37. The highest BCUT2D eigenvalue weighted by Gasteiger charge is 2.68. The number of amides is 2. The van der Waals surface area contributed by atoms with E-state index in [1.165, 1.54) is 6.92 Å². The van der Waals surface area contributed by atoms with Crippen LogP contribution in [0.15, 0.2) is 48.1 Å². The summed E-state index contributed by atoms with van der Waals surface area (Å²) in [5.41, 5.74) is 3.06. The first-order valence-electron chi connectivity index (χ1n) is 13.4. The second-order valence-corrected chi connectivity index (χ2v) is 11.7. The van der Waals surface area contributed by atoms with E-state index in [0.717, 1.165) is 29.5 Å². The molecule has 1 saturated heterocycles. The quantitative estimate of drug-likeness (QED) is 0.455. The van der Waals surface area contributed by atoms with E-state index in [9.17, 15) is 9.59 Å². The van der Waals surface area contributed by atoms with Gasteiger partial charge in [0.05, 0.1) is 30.3 Å². The fraction of sp³-hybridized carbons (Fsp3) is 0.467. The van der Waals surface area contributed by atoms with E-state index in [4.69, 9.17) is 13.7 Å². The van der Waals surface area contributed by atoms with Crippen molar-refractivity contribution in [1.82, 2.24) is 5.32 Å². The average molecular weight is 516 g/mol. The number of carbonyl (C=O) groups excluding carboxylic acids is 2. The topological polar surface area (TPSA) is 89.8 Å². The zero-order valence-electron chi connectivity index (χ0n) is 22.7. The number of hydrogen-bond acceptors (Lipinski definition) is 5. The molecule has 4 aliphatic rings. The molecule has 1 aromatic heterocycles. The van der Waals surface area contributed by atoms with Gasteiger partial charge < -0.3 is 24.4 Å². The highest BCUT2D eigenvalue weighted by molar-refractivity contribution is 6.48. The van der Waals surface area contributed by atoms with Gasteiger partial charge in [0, 0.05) is 18.2 Å². The van der Waals surface area contributed by atoms with Gasteiger partial charge in [0.15, 0.2) is 0 Å². The lowest BCUT2D eigenvalue weighted by molar-refractivity contribution is -0.199. The maximum Gasteiger partial charge on any atom is 0.482 e. The third-order valence-electron chi connectivity index (χ3n) is 9.02. The van der Waals surface area contributed by atoms with Crippen LogP contribution in [0.4, 0.5) is 5.69 Å². The molecule has 2 heterocycles. The molecule has 5 atom stereocenters. The standard InChI is InChI=1S/C30H37BN2O5/c1-7-23-20(17-36-24(23)8-2)14-27(33-28(35)13-19-10-9-11-22(12-19)32-18(3)34)31-37-26-16-21-15-25(29(21,4)5)30(26,6)38-31/h7-12,17,21,25-27H,1-2,13-16H2,3-6H3,(H,32,34)(H,33,35)/t21-,25-,26+,27-,30-/m0/s1. The monoisotopic (exact) mass is 516 g/mol. The molecular weight excluding hydrogens is 479 g/mol. The first-order chi connectivity index (χ1) is 18.0. The molecule has 6 rings (SSSR count). The van der Waals surface area contributed by atoms with E-state index >= 15 is 0 Å². The Hall–Kier alpha value is -3.10. The van der Waals surface area contributed by atoms with Crippen LogP contribution in [0.25, 0.3) is 12.2 Å². The predicted molar refractivity (Wildman–Crippen MR) is 149 cm³/mol. The molecule has 0 radical (unpaired) electrons. The number of furan rings is 1. The van der Waals surface area contributed by atoms with E-state index in [2.05, 4.69) is 44.6 Å². The summed E-state index contributed by atoms with van der Waals surface area (Å²) >= 11 is 0. The molecule has 3 saturated carbocycles. The molecule has 0 spiro atoms. The SMILES string of the molecule is C=Cc1occ(C[C@H](NC(=O)Cc2cccc(NC(C)=O)c2)B2O[C@@H]3C[C@@H]4C[C@@H](C4(C)C)[C@]3(C)O2)c1C=C. The molecule has 4 fully saturated rings. The Labute approximate surface area is 225 Å². The lowest BCUT2D eigenvalue weighted by Crippen LogP contribution is -2.65. The van der Waals surface area contributed by atoms with Gasteiger partial charge in [-0.2, -0.15) is 0 Å². The van der Waals surface area contributed by atoms with Gasteiger partial charge in [0.2, 0.25) is 11.8 Å². The number of nitrogens with one attached hydrogen (secondary N) is 2. The maximum atomic E-state index is 13.3. The summed E-state index contributed by atoms with van der Waals surface area (Å²) in [6.45, 7) is 16.1. The third-order valence-corrected chi connectivity index (χ3v) is 9.02. The minimum absolute atomic E-state index is 0.00461. The Morgan fingerprint density at radius 3 is 2.68 bits per heavy atom. The van der Waals surface area contributed by atoms with Crippen molar-refractivity contribution in [3.05, 3.63) is 66.1 Å². The van der Waals surface area contributed by atoms with Crippen LogP contribution in [0.3, 0.4) is 0 Å². The van der Waals surface area contributed by atoms with Crippen LogP contribution in [0.2, 0.25) is 0 Å². The number of anilines is 1. The summed E-state index contributed by atoms with van der Waals surface area (Å²) in [6, 6.07) is 7.31. The molecular formula is C30H37BN2O5. The summed E-state index contributed by atoms with van der Waals surface area (Å²) in [7, 11) is -0.588. The fourth-order valence-electron chi connectivity index (χ4n) is 6.90. The van der Waals surface area contributed by atoms with Crippen molar-refractivity contribution < 1.29 is 23.3 Å². The van der Waals surface area contributed by atoms with Crippen molar-refractivity contribution in [2.45, 2.75) is 71.0 Å². The summed E-state index contributed by atoms with van der Waals surface area (Å²) in [5, 5.41) is 5.96. The maximum absolute atomic E-state index is 13.3. The van der Waals surface area contributed by atoms with Gasteiger partial charge >= 0.3 is 7.12 Å². The normalized spacial score (nSPS) is 27.6. The number of hydrogen-bond donors (Lipinski definition) is 2. The third kappa shape index (κ3) is 4.65. The molecule has 1 aliphatic heterocycles. The number of rotatable bonds is 9. The largest absolute Gasteiger partial charge is 0.482 e. The summed E-state index contributed by atoms with van der Waals surface area (Å²) < 4.78 is 19.0. The van der Waals surface area contributed by atoms with E-state index < -0.39 is 13.1 Å². The van der Waals surface area contributed by atoms with E-state index in [-0.39, 0.29) is 35.4 Å². The Bertz CT molecular complexity index is 1270. The van der Waals surface area contributed by atoms with Crippen molar-refractivity contribution in [2.75, 3.05) is 5.32 Å². The summed E-state index contributed by atoms with van der Waals surface area (Å²) in [6.07, 6.45) is 7.84. The van der Waals surface area contributed by atoms with Gasteiger partial charge in [-0.1, -0.05) is 45.2 Å². The summed E-state index contributed by atoms with van der Waals surface area (Å²) in [4.78, 5) is 24.8. The van der Waals surface area contributed by atoms with E-state index in [1.54, 1.807) is 24.5 Å². The molecule has 2 aromatic rings. The molecule has 8 heteroatoms. The molecule has 2 bridgehead atoms. The Morgan fingerprint density at radius 2 is 2.00 bits per heavy atom. The van der Waals surface area contributed by atoms with Gasteiger partial charge in [-0.05, 0) is 72.8 Å². The van der Waals surface area contributed by atoms with Gasteiger partial charge in [-0.15, -0.1) is 0 Å². The number of benzene rings is 1. The van der Waals surface area contributed by atoms with Crippen LogP contribution in [0.5, 0.6) is 0 Å². The lowest BCUT2D eigenvalue weighted by Gasteiger charge is -2.64. The molecule has 1 aromatic carbocycles. The van der Waals surface area contributed by atoms with Gasteiger partial charge in [0.25, 0.3) is 0 Å². The fourth-order valence-corrected chi connectivity index (χ4v) is 6.90. The Kier molecular flexibility index (Phi) is 6.90. The van der Waals surface area contributed by atoms with Gasteiger partial charge in [0.1, 0.15) is 5.76 Å². The molecule has 0 unspecified atom stereocenters. The second-order valence-electron chi connectivity index (χ2n) is 11.7. The highest BCUT2D eigenvalue weighted by atomic mass is 16.7. The average Bonchev–Trinajstić information content (AvgIpc) is 3.42. The lowest BCUT2D eigenvalue weighted by atomic mass is 9.43. The predicted octanol–water partition coefficient (Wildman–Crippen LogP) is 5.06. The zero-order chi connectivity index (χ0) is 27.2. The van der Waals surface area contributed by atoms with E-state index in [1.807, 2.05) is 18.2 Å². The van der Waals surface area contributed by atoms with Gasteiger partial charge in [-0.25, -0.2) is 0 Å². The highest BCUT2D eigenvalue weighted by Crippen LogP contribution is 2.65. The second kappa shape index (κ2) is 9.90.